The zero-order valence-corrected chi connectivity index (χ0v) is 8.75. The molecule has 4 nitrogen and oxygen atoms in total. The van der Waals surface area contributed by atoms with E-state index in [1.54, 1.807) is 43.5 Å². The number of ether oxygens (including phenoxy) is 2. The van der Waals surface area contributed by atoms with Crippen LogP contribution >= 0.6 is 0 Å². The van der Waals surface area contributed by atoms with Gasteiger partial charge in [0.05, 0.1) is 7.11 Å². The van der Waals surface area contributed by atoms with Crippen LogP contribution in [-0.2, 0) is 0 Å². The first kappa shape index (κ1) is 10.3. The summed E-state index contributed by atoms with van der Waals surface area (Å²) < 4.78 is 10.4. The fourth-order valence-electron chi connectivity index (χ4n) is 1.23. The van der Waals surface area contributed by atoms with E-state index >= 15 is 0 Å². The van der Waals surface area contributed by atoms with Crippen molar-refractivity contribution in [1.82, 2.24) is 4.98 Å². The Hall–Kier alpha value is -2.23. The number of rotatable bonds is 3. The summed E-state index contributed by atoms with van der Waals surface area (Å²) in [6.45, 7) is 0. The van der Waals surface area contributed by atoms with Crippen molar-refractivity contribution < 1.29 is 14.6 Å². The second kappa shape index (κ2) is 4.53. The number of aromatic nitrogens is 1. The number of benzene rings is 1. The summed E-state index contributed by atoms with van der Waals surface area (Å²) in [5, 5.41) is 9.27. The van der Waals surface area contributed by atoms with E-state index in [1.165, 1.54) is 6.07 Å². The molecule has 1 aromatic carbocycles. The van der Waals surface area contributed by atoms with Crippen molar-refractivity contribution in [3.05, 3.63) is 42.5 Å². The molecular weight excluding hydrogens is 206 g/mol. The minimum Gasteiger partial charge on any atom is -0.508 e. The van der Waals surface area contributed by atoms with Crippen molar-refractivity contribution >= 4 is 0 Å². The molecule has 1 heterocycles. The fraction of sp³-hybridized carbons (Fsp3) is 0.0833. The van der Waals surface area contributed by atoms with Crippen LogP contribution in [0.25, 0.3) is 0 Å². The number of phenolic OH excluding ortho intramolecular Hbond substituents is 1. The number of aromatic hydroxyl groups is 1. The molecule has 0 bridgehead atoms. The topological polar surface area (TPSA) is 51.6 Å². The molecule has 0 saturated heterocycles. The van der Waals surface area contributed by atoms with Gasteiger partial charge in [-0.3, -0.25) is 0 Å². The molecule has 0 aliphatic carbocycles. The molecule has 0 aliphatic rings. The molecule has 0 aliphatic heterocycles. The van der Waals surface area contributed by atoms with Gasteiger partial charge in [0.2, 0.25) is 11.8 Å². The van der Waals surface area contributed by atoms with Crippen molar-refractivity contribution in [2.24, 2.45) is 0 Å². The number of pyridine rings is 1. The van der Waals surface area contributed by atoms with Gasteiger partial charge in [-0.25, -0.2) is 0 Å². The molecule has 16 heavy (non-hydrogen) atoms. The molecule has 82 valence electrons. The van der Waals surface area contributed by atoms with Crippen LogP contribution in [0.15, 0.2) is 42.5 Å². The van der Waals surface area contributed by atoms with Crippen LogP contribution in [0.5, 0.6) is 23.3 Å². The van der Waals surface area contributed by atoms with Crippen LogP contribution < -0.4 is 9.47 Å². The SMILES string of the molecule is COc1cccc(Oc2cccc(O)c2)n1. The van der Waals surface area contributed by atoms with Crippen LogP contribution in [0.4, 0.5) is 0 Å². The highest BCUT2D eigenvalue weighted by Gasteiger charge is 2.01. The molecule has 0 saturated carbocycles. The first-order valence-electron chi connectivity index (χ1n) is 4.76. The lowest BCUT2D eigenvalue weighted by Crippen LogP contribution is -1.91. The Morgan fingerprint density at radius 2 is 1.81 bits per heavy atom. The summed E-state index contributed by atoms with van der Waals surface area (Å²) in [7, 11) is 1.54. The minimum absolute atomic E-state index is 0.153. The van der Waals surface area contributed by atoms with E-state index in [9.17, 15) is 5.11 Å². The predicted octanol–water partition coefficient (Wildman–Crippen LogP) is 2.59. The van der Waals surface area contributed by atoms with Gasteiger partial charge < -0.3 is 14.6 Å². The number of methoxy groups -OCH3 is 1. The Morgan fingerprint density at radius 1 is 1.06 bits per heavy atom. The van der Waals surface area contributed by atoms with Gasteiger partial charge in [0.25, 0.3) is 0 Å². The van der Waals surface area contributed by atoms with Crippen LogP contribution in [-0.4, -0.2) is 17.2 Å². The first-order chi connectivity index (χ1) is 7.78. The average Bonchev–Trinajstić information content (AvgIpc) is 2.29. The van der Waals surface area contributed by atoms with E-state index in [0.717, 1.165) is 0 Å². The van der Waals surface area contributed by atoms with E-state index in [0.29, 0.717) is 17.5 Å². The lowest BCUT2D eigenvalue weighted by Gasteiger charge is -2.05. The minimum atomic E-state index is 0.153. The lowest BCUT2D eigenvalue weighted by molar-refractivity contribution is 0.382. The average molecular weight is 217 g/mol. The molecule has 0 atom stereocenters. The maximum Gasteiger partial charge on any atom is 0.222 e. The van der Waals surface area contributed by atoms with Gasteiger partial charge in [0.15, 0.2) is 0 Å². The summed E-state index contributed by atoms with van der Waals surface area (Å²) in [5.41, 5.74) is 0. The van der Waals surface area contributed by atoms with Crippen molar-refractivity contribution in [2.75, 3.05) is 7.11 Å². The van der Waals surface area contributed by atoms with Gasteiger partial charge >= 0.3 is 0 Å². The normalized spacial score (nSPS) is 9.81. The molecule has 4 heteroatoms. The van der Waals surface area contributed by atoms with Crippen LogP contribution in [0, 0.1) is 0 Å². The molecule has 2 aromatic rings. The van der Waals surface area contributed by atoms with E-state index in [4.69, 9.17) is 9.47 Å². The summed E-state index contributed by atoms with van der Waals surface area (Å²) in [5.74, 6) is 1.59. The van der Waals surface area contributed by atoms with E-state index < -0.39 is 0 Å². The third-order valence-corrected chi connectivity index (χ3v) is 1.95. The molecule has 0 amide bonds. The second-order valence-corrected chi connectivity index (χ2v) is 3.12. The number of nitrogens with zero attached hydrogens (tertiary/aromatic N) is 1. The predicted molar refractivity (Wildman–Crippen MR) is 59.0 cm³/mol. The highest BCUT2D eigenvalue weighted by atomic mass is 16.5. The Kier molecular flexibility index (Phi) is 2.91. The summed E-state index contributed by atoms with van der Waals surface area (Å²) in [6.07, 6.45) is 0. The van der Waals surface area contributed by atoms with Crippen LogP contribution in [0.2, 0.25) is 0 Å². The quantitative estimate of drug-likeness (QED) is 0.858. The van der Waals surface area contributed by atoms with Gasteiger partial charge in [-0.1, -0.05) is 12.1 Å². The fourth-order valence-corrected chi connectivity index (χ4v) is 1.23. The molecular formula is C12H11NO3. The van der Waals surface area contributed by atoms with Crippen LogP contribution in [0.3, 0.4) is 0 Å². The van der Waals surface area contributed by atoms with Gasteiger partial charge in [-0.2, -0.15) is 4.98 Å². The van der Waals surface area contributed by atoms with Crippen molar-refractivity contribution in [3.8, 4) is 23.3 Å². The first-order valence-corrected chi connectivity index (χ1v) is 4.76. The van der Waals surface area contributed by atoms with E-state index in [2.05, 4.69) is 4.98 Å². The molecule has 0 unspecified atom stereocenters. The Balaban J connectivity index is 2.20. The van der Waals surface area contributed by atoms with Gasteiger partial charge in [0.1, 0.15) is 11.5 Å². The summed E-state index contributed by atoms with van der Waals surface area (Å²) >= 11 is 0. The maximum absolute atomic E-state index is 9.27. The Morgan fingerprint density at radius 3 is 2.56 bits per heavy atom. The highest BCUT2D eigenvalue weighted by Crippen LogP contribution is 2.24. The Labute approximate surface area is 93.1 Å². The van der Waals surface area contributed by atoms with Gasteiger partial charge in [-0.15, -0.1) is 0 Å². The third-order valence-electron chi connectivity index (χ3n) is 1.95. The van der Waals surface area contributed by atoms with E-state index in [1.807, 2.05) is 0 Å². The molecule has 2 rings (SSSR count). The zero-order valence-electron chi connectivity index (χ0n) is 8.75. The molecule has 1 N–H and O–H groups in total. The molecule has 0 fully saturated rings. The second-order valence-electron chi connectivity index (χ2n) is 3.12. The molecule has 0 radical (unpaired) electrons. The highest BCUT2D eigenvalue weighted by molar-refractivity contribution is 5.34. The maximum atomic E-state index is 9.27. The van der Waals surface area contributed by atoms with Gasteiger partial charge in [-0.05, 0) is 12.1 Å². The smallest absolute Gasteiger partial charge is 0.222 e. The summed E-state index contributed by atoms with van der Waals surface area (Å²) in [4.78, 5) is 4.09. The third kappa shape index (κ3) is 2.42. The van der Waals surface area contributed by atoms with Crippen LogP contribution in [0.1, 0.15) is 0 Å². The summed E-state index contributed by atoms with van der Waals surface area (Å²) in [6, 6.07) is 11.8. The molecule has 0 spiro atoms. The van der Waals surface area contributed by atoms with Crippen molar-refractivity contribution in [2.45, 2.75) is 0 Å². The monoisotopic (exact) mass is 217 g/mol. The molecule has 1 aromatic heterocycles. The number of hydrogen-bond acceptors (Lipinski definition) is 4. The Bertz CT molecular complexity index is 485. The van der Waals surface area contributed by atoms with Crippen molar-refractivity contribution in [1.29, 1.82) is 0 Å². The zero-order chi connectivity index (χ0) is 11.4. The van der Waals surface area contributed by atoms with Gasteiger partial charge in [0, 0.05) is 18.2 Å². The number of hydrogen-bond donors (Lipinski definition) is 1. The van der Waals surface area contributed by atoms with Crippen molar-refractivity contribution in [3.63, 3.8) is 0 Å². The van der Waals surface area contributed by atoms with E-state index in [-0.39, 0.29) is 5.75 Å². The lowest BCUT2D eigenvalue weighted by atomic mass is 10.3. The standard InChI is InChI=1S/C12H11NO3/c1-15-11-6-3-7-12(13-11)16-10-5-2-4-9(14)8-10/h2-8,14H,1H3. The number of phenols is 1. The largest absolute Gasteiger partial charge is 0.508 e.